The minimum atomic E-state index is -0.874. The molecule has 1 saturated carbocycles. The van der Waals surface area contributed by atoms with Gasteiger partial charge in [-0.25, -0.2) is 0 Å². The summed E-state index contributed by atoms with van der Waals surface area (Å²) in [5, 5.41) is 8.61. The zero-order chi connectivity index (χ0) is 12.9. The Morgan fingerprint density at radius 2 is 2.06 bits per heavy atom. The Hall–Kier alpha value is -1.10. The molecule has 1 aliphatic carbocycles. The van der Waals surface area contributed by atoms with E-state index in [0.29, 0.717) is 13.0 Å². The van der Waals surface area contributed by atoms with Crippen molar-refractivity contribution in [3.05, 3.63) is 0 Å². The molecule has 0 atom stereocenters. The topological polar surface area (TPSA) is 66.8 Å². The SMILES string of the molecule is CCN(CCC(=O)O)C(=O)CC1(OC)CCC1. The van der Waals surface area contributed by atoms with Crippen LogP contribution in [0.1, 0.15) is 39.0 Å². The number of aliphatic carboxylic acids is 1. The number of nitrogens with zero attached hydrogens (tertiary/aromatic N) is 1. The summed E-state index contributed by atoms with van der Waals surface area (Å²) in [7, 11) is 1.64. The van der Waals surface area contributed by atoms with E-state index in [9.17, 15) is 9.59 Å². The van der Waals surface area contributed by atoms with Crippen LogP contribution < -0.4 is 0 Å². The van der Waals surface area contributed by atoms with Crippen molar-refractivity contribution in [1.82, 2.24) is 4.90 Å². The van der Waals surface area contributed by atoms with E-state index in [2.05, 4.69) is 0 Å². The molecule has 5 nitrogen and oxygen atoms in total. The average molecular weight is 243 g/mol. The predicted octanol–water partition coefficient (Wildman–Crippen LogP) is 1.27. The molecular formula is C12H21NO4. The molecule has 0 aromatic heterocycles. The number of carbonyl (C=O) groups is 2. The van der Waals surface area contributed by atoms with Gasteiger partial charge in [-0.3, -0.25) is 9.59 Å². The van der Waals surface area contributed by atoms with Crippen molar-refractivity contribution in [3.63, 3.8) is 0 Å². The van der Waals surface area contributed by atoms with E-state index in [0.717, 1.165) is 19.3 Å². The third-order valence-electron chi connectivity index (χ3n) is 3.50. The summed E-state index contributed by atoms with van der Waals surface area (Å²) in [6.45, 7) is 2.69. The van der Waals surface area contributed by atoms with Crippen LogP contribution in [-0.4, -0.2) is 47.7 Å². The molecule has 0 aromatic rings. The van der Waals surface area contributed by atoms with Crippen LogP contribution in [0.5, 0.6) is 0 Å². The van der Waals surface area contributed by atoms with Crippen LogP contribution in [0.4, 0.5) is 0 Å². The number of ether oxygens (including phenoxy) is 1. The lowest BCUT2D eigenvalue weighted by Crippen LogP contribution is -2.45. The number of rotatable bonds is 7. The summed E-state index contributed by atoms with van der Waals surface area (Å²) in [6.07, 6.45) is 3.32. The minimum Gasteiger partial charge on any atom is -0.481 e. The number of carbonyl (C=O) groups excluding carboxylic acids is 1. The standard InChI is InChI=1S/C12H21NO4/c1-3-13(8-5-11(15)16)10(14)9-12(17-2)6-4-7-12/h3-9H2,1-2H3,(H,15,16). The van der Waals surface area contributed by atoms with Gasteiger partial charge < -0.3 is 14.7 Å². The van der Waals surface area contributed by atoms with Gasteiger partial charge in [-0.15, -0.1) is 0 Å². The Morgan fingerprint density at radius 3 is 2.41 bits per heavy atom. The van der Waals surface area contributed by atoms with Crippen LogP contribution in [0.2, 0.25) is 0 Å². The van der Waals surface area contributed by atoms with Crippen LogP contribution >= 0.6 is 0 Å². The first-order valence-electron chi connectivity index (χ1n) is 6.08. The molecule has 0 spiro atoms. The average Bonchev–Trinajstić information content (AvgIpc) is 2.24. The Morgan fingerprint density at radius 1 is 1.41 bits per heavy atom. The highest BCUT2D eigenvalue weighted by Gasteiger charge is 2.39. The van der Waals surface area contributed by atoms with E-state index in [4.69, 9.17) is 9.84 Å². The monoisotopic (exact) mass is 243 g/mol. The van der Waals surface area contributed by atoms with Crippen molar-refractivity contribution in [2.45, 2.75) is 44.6 Å². The Labute approximate surface area is 102 Å². The zero-order valence-electron chi connectivity index (χ0n) is 10.6. The van der Waals surface area contributed by atoms with Crippen molar-refractivity contribution in [3.8, 4) is 0 Å². The zero-order valence-corrected chi connectivity index (χ0v) is 10.6. The van der Waals surface area contributed by atoms with Crippen molar-refractivity contribution in [2.75, 3.05) is 20.2 Å². The lowest BCUT2D eigenvalue weighted by atomic mass is 9.77. The highest BCUT2D eigenvalue weighted by Crippen LogP contribution is 2.38. The second kappa shape index (κ2) is 6.00. The first-order valence-corrected chi connectivity index (χ1v) is 6.08. The molecule has 1 amide bonds. The van der Waals surface area contributed by atoms with Gasteiger partial charge in [0.2, 0.25) is 5.91 Å². The molecule has 17 heavy (non-hydrogen) atoms. The van der Waals surface area contributed by atoms with E-state index in [1.54, 1.807) is 12.0 Å². The molecule has 0 aromatic carbocycles. The van der Waals surface area contributed by atoms with Gasteiger partial charge >= 0.3 is 5.97 Å². The summed E-state index contributed by atoms with van der Waals surface area (Å²) in [4.78, 5) is 24.1. The number of methoxy groups -OCH3 is 1. The molecule has 0 heterocycles. The summed E-state index contributed by atoms with van der Waals surface area (Å²) in [5.41, 5.74) is -0.284. The quantitative estimate of drug-likeness (QED) is 0.731. The fourth-order valence-corrected chi connectivity index (χ4v) is 2.10. The first-order chi connectivity index (χ1) is 8.03. The molecule has 5 heteroatoms. The molecule has 1 fully saturated rings. The summed E-state index contributed by atoms with van der Waals surface area (Å²) in [5.74, 6) is -0.878. The Bertz CT molecular complexity index is 281. The second-order valence-corrected chi connectivity index (χ2v) is 4.53. The largest absolute Gasteiger partial charge is 0.481 e. The molecule has 0 unspecified atom stereocenters. The van der Waals surface area contributed by atoms with Crippen molar-refractivity contribution in [1.29, 1.82) is 0 Å². The van der Waals surface area contributed by atoms with Crippen molar-refractivity contribution >= 4 is 11.9 Å². The van der Waals surface area contributed by atoms with E-state index in [1.807, 2.05) is 6.92 Å². The van der Waals surface area contributed by atoms with Crippen LogP contribution in [0.15, 0.2) is 0 Å². The summed E-state index contributed by atoms with van der Waals surface area (Å²) < 4.78 is 5.40. The first kappa shape index (κ1) is 14.0. The molecule has 98 valence electrons. The van der Waals surface area contributed by atoms with Gasteiger partial charge in [0.25, 0.3) is 0 Å². The predicted molar refractivity (Wildman–Crippen MR) is 62.7 cm³/mol. The van der Waals surface area contributed by atoms with E-state index >= 15 is 0 Å². The van der Waals surface area contributed by atoms with Gasteiger partial charge in [0.05, 0.1) is 18.4 Å². The van der Waals surface area contributed by atoms with Crippen molar-refractivity contribution in [2.24, 2.45) is 0 Å². The Balaban J connectivity index is 2.45. The van der Waals surface area contributed by atoms with E-state index in [1.165, 1.54) is 0 Å². The molecule has 1 rings (SSSR count). The van der Waals surface area contributed by atoms with E-state index < -0.39 is 5.97 Å². The van der Waals surface area contributed by atoms with Crippen LogP contribution in [0.25, 0.3) is 0 Å². The normalized spacial score (nSPS) is 17.3. The van der Waals surface area contributed by atoms with Gasteiger partial charge in [-0.2, -0.15) is 0 Å². The molecular weight excluding hydrogens is 222 g/mol. The van der Waals surface area contributed by atoms with Crippen LogP contribution in [0, 0.1) is 0 Å². The van der Waals surface area contributed by atoms with Gasteiger partial charge in [0.15, 0.2) is 0 Å². The molecule has 0 bridgehead atoms. The maximum absolute atomic E-state index is 12.0. The molecule has 0 saturated heterocycles. The maximum atomic E-state index is 12.0. The molecule has 0 aliphatic heterocycles. The number of carboxylic acids is 1. The van der Waals surface area contributed by atoms with Gasteiger partial charge in [0, 0.05) is 20.2 Å². The number of hydrogen-bond donors (Lipinski definition) is 1. The Kier molecular flexibility index (Phi) is 4.93. The van der Waals surface area contributed by atoms with Gasteiger partial charge in [-0.05, 0) is 26.2 Å². The maximum Gasteiger partial charge on any atom is 0.305 e. The number of hydrogen-bond acceptors (Lipinski definition) is 3. The van der Waals surface area contributed by atoms with Crippen LogP contribution in [-0.2, 0) is 14.3 Å². The lowest BCUT2D eigenvalue weighted by molar-refractivity contribution is -0.145. The highest BCUT2D eigenvalue weighted by molar-refractivity contribution is 5.78. The minimum absolute atomic E-state index is 0.000434. The lowest BCUT2D eigenvalue weighted by Gasteiger charge is -2.41. The third kappa shape index (κ3) is 3.70. The fraction of sp³-hybridized carbons (Fsp3) is 0.833. The van der Waals surface area contributed by atoms with Gasteiger partial charge in [0.1, 0.15) is 0 Å². The highest BCUT2D eigenvalue weighted by atomic mass is 16.5. The third-order valence-corrected chi connectivity index (χ3v) is 3.50. The summed E-state index contributed by atoms with van der Waals surface area (Å²) >= 11 is 0. The number of amides is 1. The molecule has 1 aliphatic rings. The second-order valence-electron chi connectivity index (χ2n) is 4.53. The van der Waals surface area contributed by atoms with Crippen molar-refractivity contribution < 1.29 is 19.4 Å². The smallest absolute Gasteiger partial charge is 0.305 e. The van der Waals surface area contributed by atoms with Crippen LogP contribution in [0.3, 0.4) is 0 Å². The fourth-order valence-electron chi connectivity index (χ4n) is 2.10. The molecule has 1 N–H and O–H groups in total. The molecule has 0 radical (unpaired) electrons. The summed E-state index contributed by atoms with van der Waals surface area (Å²) in [6, 6.07) is 0. The van der Waals surface area contributed by atoms with E-state index in [-0.39, 0.29) is 24.5 Å². The number of carboxylic acid groups (broad SMARTS) is 1. The van der Waals surface area contributed by atoms with Gasteiger partial charge in [-0.1, -0.05) is 0 Å².